The molecular weight excluding hydrogens is 308 g/mol. The number of hydrogen-bond acceptors (Lipinski definition) is 4. The van der Waals surface area contributed by atoms with Gasteiger partial charge in [-0.05, 0) is 18.9 Å². The van der Waals surface area contributed by atoms with Crippen molar-refractivity contribution in [1.82, 2.24) is 4.98 Å². The highest BCUT2D eigenvalue weighted by Gasteiger charge is 2.27. The number of nitrogens with zero attached hydrogens (tertiary/aromatic N) is 2. The zero-order chi connectivity index (χ0) is 14.8. The Bertz CT molecular complexity index is 659. The largest absolute Gasteiger partial charge is 0.481 e. The Balaban J connectivity index is 1.82. The summed E-state index contributed by atoms with van der Waals surface area (Å²) in [5, 5.41) is 12.7. The van der Waals surface area contributed by atoms with E-state index in [1.54, 1.807) is 0 Å². The number of benzene rings is 1. The first-order valence-corrected chi connectivity index (χ1v) is 8.09. The summed E-state index contributed by atoms with van der Waals surface area (Å²) in [7, 11) is 0. The van der Waals surface area contributed by atoms with Gasteiger partial charge >= 0.3 is 5.97 Å². The molecule has 1 atom stereocenters. The zero-order valence-corrected chi connectivity index (χ0v) is 12.9. The number of anilines is 1. The van der Waals surface area contributed by atoms with Crippen molar-refractivity contribution in [3.05, 3.63) is 34.7 Å². The lowest BCUT2D eigenvalue weighted by Gasteiger charge is -2.30. The van der Waals surface area contributed by atoms with E-state index >= 15 is 0 Å². The Labute approximate surface area is 132 Å². The van der Waals surface area contributed by atoms with E-state index < -0.39 is 5.97 Å². The van der Waals surface area contributed by atoms with E-state index in [0.29, 0.717) is 11.6 Å². The lowest BCUT2D eigenvalue weighted by Crippen LogP contribution is -2.38. The van der Waals surface area contributed by atoms with Crippen molar-refractivity contribution in [3.8, 4) is 11.3 Å². The molecule has 0 saturated carbocycles. The molecule has 0 amide bonds. The fourth-order valence-electron chi connectivity index (χ4n) is 2.55. The second kappa shape index (κ2) is 6.03. The second-order valence-electron chi connectivity index (χ2n) is 5.12. The molecule has 1 N–H and O–H groups in total. The molecule has 1 aromatic carbocycles. The van der Waals surface area contributed by atoms with Crippen LogP contribution in [0.2, 0.25) is 5.02 Å². The molecule has 110 valence electrons. The van der Waals surface area contributed by atoms with E-state index in [1.165, 1.54) is 11.3 Å². The van der Waals surface area contributed by atoms with Crippen LogP contribution in [0.4, 0.5) is 5.13 Å². The first-order valence-electron chi connectivity index (χ1n) is 6.83. The van der Waals surface area contributed by atoms with Crippen LogP contribution in [0.1, 0.15) is 12.8 Å². The van der Waals surface area contributed by atoms with Crippen molar-refractivity contribution in [3.63, 3.8) is 0 Å². The van der Waals surface area contributed by atoms with E-state index in [1.807, 2.05) is 29.6 Å². The molecular formula is C15H15ClN2O2S. The fraction of sp³-hybridized carbons (Fsp3) is 0.333. The van der Waals surface area contributed by atoms with Crippen LogP contribution in [-0.4, -0.2) is 29.1 Å². The summed E-state index contributed by atoms with van der Waals surface area (Å²) in [6.07, 6.45) is 1.63. The molecule has 0 bridgehead atoms. The van der Waals surface area contributed by atoms with Gasteiger partial charge in [-0.3, -0.25) is 4.79 Å². The Morgan fingerprint density at radius 1 is 1.43 bits per heavy atom. The van der Waals surface area contributed by atoms with Crippen LogP contribution in [0, 0.1) is 5.92 Å². The molecule has 1 unspecified atom stereocenters. The van der Waals surface area contributed by atoms with Crippen LogP contribution in [0.15, 0.2) is 29.6 Å². The molecule has 1 fully saturated rings. The molecule has 1 aliphatic heterocycles. The maximum Gasteiger partial charge on any atom is 0.308 e. The number of carboxylic acids is 1. The molecule has 21 heavy (non-hydrogen) atoms. The van der Waals surface area contributed by atoms with Gasteiger partial charge < -0.3 is 10.0 Å². The third-order valence-corrected chi connectivity index (χ3v) is 4.91. The van der Waals surface area contributed by atoms with E-state index in [4.69, 9.17) is 16.7 Å². The molecule has 2 aromatic rings. The van der Waals surface area contributed by atoms with E-state index in [9.17, 15) is 4.79 Å². The van der Waals surface area contributed by atoms with Crippen LogP contribution in [0.25, 0.3) is 11.3 Å². The maximum atomic E-state index is 11.1. The van der Waals surface area contributed by atoms with Crippen molar-refractivity contribution in [2.45, 2.75) is 12.8 Å². The monoisotopic (exact) mass is 322 g/mol. The van der Waals surface area contributed by atoms with Gasteiger partial charge in [0.2, 0.25) is 0 Å². The molecule has 1 saturated heterocycles. The second-order valence-corrected chi connectivity index (χ2v) is 6.36. The highest BCUT2D eigenvalue weighted by atomic mass is 35.5. The van der Waals surface area contributed by atoms with Crippen molar-refractivity contribution >= 4 is 34.0 Å². The van der Waals surface area contributed by atoms with Crippen LogP contribution >= 0.6 is 22.9 Å². The number of aromatic nitrogens is 1. The third kappa shape index (κ3) is 3.04. The number of thiazole rings is 1. The average molecular weight is 323 g/mol. The van der Waals surface area contributed by atoms with Crippen LogP contribution in [0.3, 0.4) is 0 Å². The van der Waals surface area contributed by atoms with Crippen molar-refractivity contribution in [2.75, 3.05) is 18.0 Å². The van der Waals surface area contributed by atoms with Crippen molar-refractivity contribution in [2.24, 2.45) is 5.92 Å². The van der Waals surface area contributed by atoms with Gasteiger partial charge in [-0.1, -0.05) is 29.8 Å². The van der Waals surface area contributed by atoms with Crippen molar-refractivity contribution < 1.29 is 9.90 Å². The van der Waals surface area contributed by atoms with E-state index in [0.717, 1.165) is 35.8 Å². The lowest BCUT2D eigenvalue weighted by atomic mass is 9.99. The number of halogens is 1. The van der Waals surface area contributed by atoms with Crippen LogP contribution < -0.4 is 4.90 Å². The number of piperidine rings is 1. The average Bonchev–Trinajstić information content (AvgIpc) is 2.97. The minimum Gasteiger partial charge on any atom is -0.481 e. The molecule has 3 rings (SSSR count). The molecule has 0 spiro atoms. The Morgan fingerprint density at radius 2 is 2.24 bits per heavy atom. The van der Waals surface area contributed by atoms with Gasteiger partial charge in [0.05, 0.1) is 11.6 Å². The topological polar surface area (TPSA) is 53.4 Å². The molecule has 4 nitrogen and oxygen atoms in total. The first kappa shape index (κ1) is 14.4. The molecule has 0 radical (unpaired) electrons. The predicted molar refractivity (Wildman–Crippen MR) is 85.1 cm³/mol. The summed E-state index contributed by atoms with van der Waals surface area (Å²) in [6.45, 7) is 1.39. The minimum atomic E-state index is -0.720. The smallest absolute Gasteiger partial charge is 0.308 e. The quantitative estimate of drug-likeness (QED) is 0.934. The summed E-state index contributed by atoms with van der Waals surface area (Å²) >= 11 is 7.73. The summed E-state index contributed by atoms with van der Waals surface area (Å²) < 4.78 is 0. The van der Waals surface area contributed by atoms with E-state index in [-0.39, 0.29) is 5.92 Å². The highest BCUT2D eigenvalue weighted by Crippen LogP contribution is 2.33. The van der Waals surface area contributed by atoms with Gasteiger partial charge in [0, 0.05) is 29.1 Å². The SMILES string of the molecule is O=C(O)C1CCCN(c2nc(-c3ccccc3Cl)cs2)C1. The zero-order valence-electron chi connectivity index (χ0n) is 11.3. The summed E-state index contributed by atoms with van der Waals surface area (Å²) in [6, 6.07) is 7.61. The number of carboxylic acid groups (broad SMARTS) is 1. The molecule has 1 aromatic heterocycles. The lowest BCUT2D eigenvalue weighted by molar-refractivity contribution is -0.141. The van der Waals surface area contributed by atoms with Gasteiger partial charge in [0.1, 0.15) is 0 Å². The Morgan fingerprint density at radius 3 is 3.00 bits per heavy atom. The van der Waals surface area contributed by atoms with Gasteiger partial charge in [0.15, 0.2) is 5.13 Å². The summed E-state index contributed by atoms with van der Waals surface area (Å²) in [5.41, 5.74) is 1.76. The Hall–Kier alpha value is -1.59. The Kier molecular flexibility index (Phi) is 4.12. The third-order valence-electron chi connectivity index (χ3n) is 3.68. The van der Waals surface area contributed by atoms with Gasteiger partial charge in [-0.2, -0.15) is 0 Å². The van der Waals surface area contributed by atoms with Crippen LogP contribution in [-0.2, 0) is 4.79 Å². The van der Waals surface area contributed by atoms with Gasteiger partial charge in [-0.15, -0.1) is 11.3 Å². The maximum absolute atomic E-state index is 11.1. The molecule has 6 heteroatoms. The minimum absolute atomic E-state index is 0.300. The first-order chi connectivity index (χ1) is 10.1. The van der Waals surface area contributed by atoms with E-state index in [2.05, 4.69) is 9.88 Å². The summed E-state index contributed by atoms with van der Waals surface area (Å²) in [4.78, 5) is 17.8. The highest BCUT2D eigenvalue weighted by molar-refractivity contribution is 7.14. The summed E-state index contributed by atoms with van der Waals surface area (Å²) in [5.74, 6) is -1.02. The normalized spacial score (nSPS) is 18.7. The number of aliphatic carboxylic acids is 1. The van der Waals surface area contributed by atoms with Gasteiger partial charge in [0.25, 0.3) is 0 Å². The molecule has 1 aliphatic rings. The molecule has 0 aliphatic carbocycles. The number of carbonyl (C=O) groups is 1. The predicted octanol–water partition coefficient (Wildman–Crippen LogP) is 3.76. The van der Waals surface area contributed by atoms with Gasteiger partial charge in [-0.25, -0.2) is 4.98 Å². The molecule has 2 heterocycles. The number of hydrogen-bond donors (Lipinski definition) is 1. The van der Waals surface area contributed by atoms with Crippen molar-refractivity contribution in [1.29, 1.82) is 0 Å². The number of rotatable bonds is 3. The van der Waals surface area contributed by atoms with Crippen LogP contribution in [0.5, 0.6) is 0 Å². The standard InChI is InChI=1S/C15H15ClN2O2S/c16-12-6-2-1-5-11(12)13-9-21-15(17-13)18-7-3-4-10(8-18)14(19)20/h1-2,5-6,9-10H,3-4,7-8H2,(H,19,20). The fourth-order valence-corrected chi connectivity index (χ4v) is 3.65.